The maximum absolute atomic E-state index is 13.5. The molecule has 0 amide bonds. The lowest BCUT2D eigenvalue weighted by atomic mass is 10.1. The molecule has 5 heteroatoms. The smallest absolute Gasteiger partial charge is 0.287 e. The van der Waals surface area contributed by atoms with Gasteiger partial charge in [0.15, 0.2) is 0 Å². The second kappa shape index (κ2) is 40.5. The van der Waals surface area contributed by atoms with E-state index in [0.717, 1.165) is 38.5 Å². The minimum Gasteiger partial charge on any atom is -0.287 e. The van der Waals surface area contributed by atoms with Crippen LogP contribution in [0.15, 0.2) is 0 Å². The zero-order valence-corrected chi connectivity index (χ0v) is 33.6. The average molecular weight is 687 g/mol. The van der Waals surface area contributed by atoms with E-state index in [1.54, 1.807) is 0 Å². The van der Waals surface area contributed by atoms with Crippen LogP contribution in [0.1, 0.15) is 252 Å². The average Bonchev–Trinajstić information content (AvgIpc) is 3.07. The van der Waals surface area contributed by atoms with Crippen LogP contribution in [0.4, 0.5) is 0 Å². The van der Waals surface area contributed by atoms with E-state index in [-0.39, 0.29) is 0 Å². The standard InChI is InChI=1S/C42H87O4P/c1-4-7-10-13-16-19-22-25-28-31-34-37-40-44-47(43,45-41-38-35-32-29-26-23-20-17-14-11-8-5-2)46-42-39-36-33-30-27-24-21-18-15-12-9-6-3/h4-42H2,1-3H3. The molecule has 0 spiro atoms. The van der Waals surface area contributed by atoms with Crippen molar-refractivity contribution < 1.29 is 18.1 Å². The molecule has 0 radical (unpaired) electrons. The molecule has 0 atom stereocenters. The highest BCUT2D eigenvalue weighted by Crippen LogP contribution is 2.50. The maximum Gasteiger partial charge on any atom is 0.474 e. The van der Waals surface area contributed by atoms with Crippen molar-refractivity contribution in [3.8, 4) is 0 Å². The molecule has 0 heterocycles. The molecule has 0 aliphatic heterocycles. The van der Waals surface area contributed by atoms with Crippen LogP contribution in [-0.4, -0.2) is 19.8 Å². The Hall–Kier alpha value is 0.110. The van der Waals surface area contributed by atoms with Gasteiger partial charge in [0.1, 0.15) is 0 Å². The molecular weight excluding hydrogens is 599 g/mol. The highest BCUT2D eigenvalue weighted by Gasteiger charge is 2.26. The Morgan fingerprint density at radius 3 is 0.574 bits per heavy atom. The molecule has 47 heavy (non-hydrogen) atoms. The molecule has 4 nitrogen and oxygen atoms in total. The summed E-state index contributed by atoms with van der Waals surface area (Å²) in [4.78, 5) is 0. The number of hydrogen-bond acceptors (Lipinski definition) is 4. The lowest BCUT2D eigenvalue weighted by molar-refractivity contribution is 0.108. The first-order valence-corrected chi connectivity index (χ1v) is 23.2. The highest BCUT2D eigenvalue weighted by molar-refractivity contribution is 7.48. The molecule has 0 aliphatic carbocycles. The molecule has 284 valence electrons. The zero-order valence-electron chi connectivity index (χ0n) is 32.7. The molecule has 0 fully saturated rings. The molecule has 0 aromatic carbocycles. The van der Waals surface area contributed by atoms with Gasteiger partial charge in [0.2, 0.25) is 0 Å². The van der Waals surface area contributed by atoms with Gasteiger partial charge in [0.25, 0.3) is 0 Å². The van der Waals surface area contributed by atoms with Crippen LogP contribution in [0.25, 0.3) is 0 Å². The van der Waals surface area contributed by atoms with Crippen LogP contribution in [0, 0.1) is 0 Å². The van der Waals surface area contributed by atoms with Gasteiger partial charge in [-0.2, -0.15) is 0 Å². The van der Waals surface area contributed by atoms with Crippen molar-refractivity contribution in [3.05, 3.63) is 0 Å². The van der Waals surface area contributed by atoms with Crippen molar-refractivity contribution in [1.29, 1.82) is 0 Å². The Balaban J connectivity index is 4.08. The summed E-state index contributed by atoms with van der Waals surface area (Å²) in [5, 5.41) is 0. The number of unbranched alkanes of at least 4 members (excludes halogenated alkanes) is 33. The van der Waals surface area contributed by atoms with Crippen LogP contribution >= 0.6 is 7.82 Å². The summed E-state index contributed by atoms with van der Waals surface area (Å²) in [7, 11) is -3.47. The van der Waals surface area contributed by atoms with Crippen molar-refractivity contribution in [2.24, 2.45) is 0 Å². The third-order valence-electron chi connectivity index (χ3n) is 9.74. The Morgan fingerprint density at radius 1 is 0.255 bits per heavy atom. The number of rotatable bonds is 42. The fourth-order valence-corrected chi connectivity index (χ4v) is 7.75. The van der Waals surface area contributed by atoms with Crippen molar-refractivity contribution in [1.82, 2.24) is 0 Å². The number of phosphoric acid groups is 1. The van der Waals surface area contributed by atoms with Gasteiger partial charge in [0, 0.05) is 0 Å². The third kappa shape index (κ3) is 38.8. The van der Waals surface area contributed by atoms with Gasteiger partial charge in [-0.05, 0) is 19.3 Å². The van der Waals surface area contributed by atoms with Crippen LogP contribution in [-0.2, 0) is 18.1 Å². The summed E-state index contributed by atoms with van der Waals surface area (Å²) in [5.74, 6) is 0. The first kappa shape index (κ1) is 47.1. The normalized spacial score (nSPS) is 12.0. The predicted octanol–water partition coefficient (Wildman–Crippen LogP) is 16.2. The lowest BCUT2D eigenvalue weighted by Gasteiger charge is -2.18. The van der Waals surface area contributed by atoms with Gasteiger partial charge in [0.05, 0.1) is 19.8 Å². The van der Waals surface area contributed by atoms with Gasteiger partial charge in [-0.1, -0.05) is 233 Å². The third-order valence-corrected chi connectivity index (χ3v) is 11.2. The van der Waals surface area contributed by atoms with E-state index >= 15 is 0 Å². The number of hydrogen-bond donors (Lipinski definition) is 0. The summed E-state index contributed by atoms with van der Waals surface area (Å²) in [6.45, 7) is 8.28. The van der Waals surface area contributed by atoms with Gasteiger partial charge in [-0.25, -0.2) is 4.57 Å². The van der Waals surface area contributed by atoms with E-state index in [1.807, 2.05) is 0 Å². The van der Waals surface area contributed by atoms with Crippen LogP contribution < -0.4 is 0 Å². The quantitative estimate of drug-likeness (QED) is 0.0473. The Kier molecular flexibility index (Phi) is 40.6. The SMILES string of the molecule is CCCCCCCCCCCCCCOP(=O)(OCCCCCCCCCCCCCC)OCCCCCCCCCCCCCC. The van der Waals surface area contributed by atoms with Crippen LogP contribution in [0.2, 0.25) is 0 Å². The molecule has 0 saturated carbocycles. The van der Waals surface area contributed by atoms with E-state index < -0.39 is 7.82 Å². The van der Waals surface area contributed by atoms with Crippen molar-refractivity contribution in [3.63, 3.8) is 0 Å². The predicted molar refractivity (Wildman–Crippen MR) is 209 cm³/mol. The first-order valence-electron chi connectivity index (χ1n) is 21.7. The van der Waals surface area contributed by atoms with Gasteiger partial charge in [-0.3, -0.25) is 13.6 Å². The summed E-state index contributed by atoms with van der Waals surface area (Å²) in [6, 6.07) is 0. The molecule has 0 unspecified atom stereocenters. The minimum absolute atomic E-state index is 0.478. The van der Waals surface area contributed by atoms with Gasteiger partial charge >= 0.3 is 7.82 Å². The Morgan fingerprint density at radius 2 is 0.404 bits per heavy atom. The van der Waals surface area contributed by atoms with E-state index in [0.29, 0.717) is 19.8 Å². The maximum atomic E-state index is 13.5. The Labute approximate surface area is 297 Å². The largest absolute Gasteiger partial charge is 0.474 e. The first-order chi connectivity index (χ1) is 23.2. The van der Waals surface area contributed by atoms with Gasteiger partial charge < -0.3 is 0 Å². The summed E-state index contributed by atoms with van der Waals surface area (Å²) in [5.41, 5.74) is 0. The molecule has 0 aromatic heterocycles. The highest BCUT2D eigenvalue weighted by atomic mass is 31.2. The molecule has 0 aliphatic rings. The van der Waals surface area contributed by atoms with Gasteiger partial charge in [-0.15, -0.1) is 0 Å². The van der Waals surface area contributed by atoms with E-state index in [9.17, 15) is 4.57 Å². The summed E-state index contributed by atoms with van der Waals surface area (Å²) in [6.07, 6.45) is 47.0. The van der Waals surface area contributed by atoms with E-state index in [2.05, 4.69) is 20.8 Å². The second-order valence-electron chi connectivity index (χ2n) is 14.6. The molecule has 0 N–H and O–H groups in total. The molecule has 0 saturated heterocycles. The lowest BCUT2D eigenvalue weighted by Crippen LogP contribution is -2.04. The fourth-order valence-electron chi connectivity index (χ4n) is 6.47. The zero-order chi connectivity index (χ0) is 34.2. The minimum atomic E-state index is -3.47. The van der Waals surface area contributed by atoms with Crippen molar-refractivity contribution in [2.45, 2.75) is 252 Å². The van der Waals surface area contributed by atoms with E-state index in [1.165, 1.54) is 193 Å². The molecular formula is C42H87O4P. The topological polar surface area (TPSA) is 44.8 Å². The molecule has 0 bridgehead atoms. The number of phosphoric ester groups is 1. The monoisotopic (exact) mass is 687 g/mol. The van der Waals surface area contributed by atoms with Crippen LogP contribution in [0.5, 0.6) is 0 Å². The summed E-state index contributed by atoms with van der Waals surface area (Å²) < 4.78 is 31.0. The second-order valence-corrected chi connectivity index (χ2v) is 16.3. The van der Waals surface area contributed by atoms with Crippen molar-refractivity contribution in [2.75, 3.05) is 19.8 Å². The fraction of sp³-hybridized carbons (Fsp3) is 1.00. The van der Waals surface area contributed by atoms with Crippen molar-refractivity contribution >= 4 is 7.82 Å². The summed E-state index contributed by atoms with van der Waals surface area (Å²) >= 11 is 0. The Bertz CT molecular complexity index is 533. The molecule has 0 rings (SSSR count). The molecule has 0 aromatic rings. The van der Waals surface area contributed by atoms with Crippen LogP contribution in [0.3, 0.4) is 0 Å². The van der Waals surface area contributed by atoms with E-state index in [4.69, 9.17) is 13.6 Å².